The van der Waals surface area contributed by atoms with E-state index in [0.717, 1.165) is 16.2 Å². The van der Waals surface area contributed by atoms with Gasteiger partial charge in [-0.3, -0.25) is 4.79 Å². The topological polar surface area (TPSA) is 63.1 Å². The van der Waals surface area contributed by atoms with Crippen LogP contribution in [0.2, 0.25) is 0 Å². The molecule has 0 spiro atoms. The van der Waals surface area contributed by atoms with Crippen LogP contribution in [0.4, 0.5) is 0 Å². The molecule has 124 valence electrons. The lowest BCUT2D eigenvalue weighted by atomic mass is 10.1. The number of nitrogens with one attached hydrogen (secondary N) is 1. The number of carbonyl (C=O) groups is 1. The fraction of sp³-hybridized carbons (Fsp3) is 0.235. The molecule has 1 aliphatic heterocycles. The average Bonchev–Trinajstić information content (AvgIpc) is 3.20. The highest BCUT2D eigenvalue weighted by molar-refractivity contribution is 8.15. The van der Waals surface area contributed by atoms with E-state index in [9.17, 15) is 4.79 Å². The highest BCUT2D eigenvalue weighted by Crippen LogP contribution is 2.24. The van der Waals surface area contributed by atoms with Gasteiger partial charge in [-0.2, -0.15) is 5.10 Å². The number of thiophene rings is 1. The molecule has 0 aliphatic carbocycles. The van der Waals surface area contributed by atoms with Crippen LogP contribution in [0, 0.1) is 0 Å². The van der Waals surface area contributed by atoms with E-state index in [-0.39, 0.29) is 11.2 Å². The molecule has 1 saturated heterocycles. The number of amidine groups is 1. The second-order valence-corrected chi connectivity index (χ2v) is 7.21. The Morgan fingerprint density at radius 3 is 2.83 bits per heavy atom. The number of hydrogen-bond donors (Lipinski definition) is 1. The molecule has 0 bridgehead atoms. The van der Waals surface area contributed by atoms with Gasteiger partial charge in [-0.15, -0.1) is 16.4 Å². The minimum Gasteiger partial charge on any atom is -0.494 e. The maximum absolute atomic E-state index is 12.1. The number of nitrogens with zero attached hydrogens (tertiary/aromatic N) is 2. The third-order valence-corrected chi connectivity index (χ3v) is 5.19. The third kappa shape index (κ3) is 4.46. The summed E-state index contributed by atoms with van der Waals surface area (Å²) in [5.41, 5.74) is 1.09. The number of hydrogen-bond acceptors (Lipinski definition) is 6. The minimum absolute atomic E-state index is 0.0287. The summed E-state index contributed by atoms with van der Waals surface area (Å²) in [5.74, 6) is 0.814. The SMILES string of the molecule is CCOc1ccc(C[C@H]2S/C(=N/N=C\c3cccs3)NC2=O)cc1. The lowest BCUT2D eigenvalue weighted by molar-refractivity contribution is -0.118. The highest BCUT2D eigenvalue weighted by Gasteiger charge is 2.30. The van der Waals surface area contributed by atoms with E-state index in [1.165, 1.54) is 11.8 Å². The molecule has 0 saturated carbocycles. The predicted octanol–water partition coefficient (Wildman–Crippen LogP) is 3.31. The monoisotopic (exact) mass is 359 g/mol. The van der Waals surface area contributed by atoms with Crippen molar-refractivity contribution in [2.24, 2.45) is 10.2 Å². The van der Waals surface area contributed by atoms with Crippen LogP contribution < -0.4 is 10.1 Å². The van der Waals surface area contributed by atoms with Crippen molar-refractivity contribution in [3.8, 4) is 5.75 Å². The van der Waals surface area contributed by atoms with Crippen LogP contribution in [-0.4, -0.2) is 29.1 Å². The first-order chi connectivity index (χ1) is 11.7. The molecule has 1 aromatic carbocycles. The number of carbonyl (C=O) groups excluding carboxylic acids is 1. The number of rotatable bonds is 6. The van der Waals surface area contributed by atoms with Crippen LogP contribution in [0.15, 0.2) is 52.0 Å². The largest absolute Gasteiger partial charge is 0.494 e. The Morgan fingerprint density at radius 2 is 2.12 bits per heavy atom. The van der Waals surface area contributed by atoms with E-state index in [1.807, 2.05) is 48.7 Å². The molecular weight excluding hydrogens is 342 g/mol. The van der Waals surface area contributed by atoms with Gasteiger partial charge >= 0.3 is 0 Å². The summed E-state index contributed by atoms with van der Waals surface area (Å²) in [5, 5.41) is 13.2. The first kappa shape index (κ1) is 16.7. The van der Waals surface area contributed by atoms with Crippen LogP contribution in [0.1, 0.15) is 17.4 Å². The molecular formula is C17H17N3O2S2. The molecule has 0 radical (unpaired) electrons. The van der Waals surface area contributed by atoms with Gasteiger partial charge in [0.05, 0.1) is 18.1 Å². The Morgan fingerprint density at radius 1 is 1.29 bits per heavy atom. The Hall–Kier alpha value is -2.12. The molecule has 1 N–H and O–H groups in total. The van der Waals surface area contributed by atoms with E-state index in [1.54, 1.807) is 17.6 Å². The molecule has 0 unspecified atom stereocenters. The lowest BCUT2D eigenvalue weighted by Gasteiger charge is -2.07. The molecule has 2 heterocycles. The van der Waals surface area contributed by atoms with Crippen molar-refractivity contribution in [2.75, 3.05) is 6.61 Å². The standard InChI is InChI=1S/C17H17N3O2S2/c1-2-22-13-7-5-12(6-8-13)10-15-16(21)19-17(24-15)20-18-11-14-4-3-9-23-14/h3-9,11,15H,2,10H2,1H3,(H,19,20,21)/b18-11-/t15-/m1/s1. The van der Waals surface area contributed by atoms with Crippen molar-refractivity contribution < 1.29 is 9.53 Å². The first-order valence-corrected chi connectivity index (χ1v) is 9.34. The van der Waals surface area contributed by atoms with Crippen LogP contribution in [0.5, 0.6) is 5.75 Å². The maximum Gasteiger partial charge on any atom is 0.239 e. The quantitative estimate of drug-likeness (QED) is 0.636. The van der Waals surface area contributed by atoms with Gasteiger partial charge < -0.3 is 10.1 Å². The van der Waals surface area contributed by atoms with Crippen molar-refractivity contribution in [3.05, 3.63) is 52.2 Å². The summed E-state index contributed by atoms with van der Waals surface area (Å²) >= 11 is 3.00. The normalized spacial score (nSPS) is 19.1. The van der Waals surface area contributed by atoms with E-state index in [0.29, 0.717) is 18.2 Å². The summed E-state index contributed by atoms with van der Waals surface area (Å²) < 4.78 is 5.43. The number of amides is 1. The zero-order chi connectivity index (χ0) is 16.8. The molecule has 7 heteroatoms. The van der Waals surface area contributed by atoms with Gasteiger partial charge in [-0.25, -0.2) is 0 Å². The van der Waals surface area contributed by atoms with Gasteiger partial charge in [-0.1, -0.05) is 30.0 Å². The number of ether oxygens (including phenoxy) is 1. The van der Waals surface area contributed by atoms with Crippen molar-refractivity contribution in [1.29, 1.82) is 0 Å². The summed E-state index contributed by atoms with van der Waals surface area (Å²) in [4.78, 5) is 13.1. The van der Waals surface area contributed by atoms with Crippen molar-refractivity contribution in [1.82, 2.24) is 5.32 Å². The lowest BCUT2D eigenvalue weighted by Crippen LogP contribution is -2.25. The molecule has 1 aliphatic rings. The summed E-state index contributed by atoms with van der Waals surface area (Å²) in [6, 6.07) is 11.8. The van der Waals surface area contributed by atoms with E-state index < -0.39 is 0 Å². The van der Waals surface area contributed by atoms with E-state index in [4.69, 9.17) is 4.74 Å². The summed E-state index contributed by atoms with van der Waals surface area (Å²) in [7, 11) is 0. The van der Waals surface area contributed by atoms with Gasteiger partial charge in [0.2, 0.25) is 5.91 Å². The van der Waals surface area contributed by atoms with Crippen LogP contribution >= 0.6 is 23.1 Å². The number of benzene rings is 1. The molecule has 2 aromatic rings. The summed E-state index contributed by atoms with van der Waals surface area (Å²) in [6.45, 7) is 2.60. The fourth-order valence-electron chi connectivity index (χ4n) is 2.19. The molecule has 3 rings (SSSR count). The van der Waals surface area contributed by atoms with Crippen LogP contribution in [-0.2, 0) is 11.2 Å². The molecule has 24 heavy (non-hydrogen) atoms. The van der Waals surface area contributed by atoms with Gasteiger partial charge in [0.15, 0.2) is 5.17 Å². The van der Waals surface area contributed by atoms with Gasteiger partial charge in [0.25, 0.3) is 0 Å². The zero-order valence-corrected chi connectivity index (χ0v) is 14.8. The Kier molecular flexibility index (Phi) is 5.66. The smallest absolute Gasteiger partial charge is 0.239 e. The highest BCUT2D eigenvalue weighted by atomic mass is 32.2. The number of thioether (sulfide) groups is 1. The van der Waals surface area contributed by atoms with Gasteiger partial charge in [0.1, 0.15) is 5.75 Å². The molecule has 1 atom stereocenters. The molecule has 1 fully saturated rings. The minimum atomic E-state index is -0.182. The van der Waals surface area contributed by atoms with Gasteiger partial charge in [0, 0.05) is 4.88 Å². The van der Waals surface area contributed by atoms with Crippen LogP contribution in [0.25, 0.3) is 0 Å². The molecule has 1 amide bonds. The second-order valence-electron chi connectivity index (χ2n) is 5.04. The van der Waals surface area contributed by atoms with Crippen molar-refractivity contribution >= 4 is 40.4 Å². The van der Waals surface area contributed by atoms with Crippen molar-refractivity contribution in [3.63, 3.8) is 0 Å². The Bertz CT molecular complexity index is 740. The second kappa shape index (κ2) is 8.12. The van der Waals surface area contributed by atoms with Crippen LogP contribution in [0.3, 0.4) is 0 Å². The summed E-state index contributed by atoms with van der Waals surface area (Å²) in [6.07, 6.45) is 2.33. The third-order valence-electron chi connectivity index (χ3n) is 3.31. The Labute approximate surface area is 148 Å². The zero-order valence-electron chi connectivity index (χ0n) is 13.1. The van der Waals surface area contributed by atoms with E-state index in [2.05, 4.69) is 15.5 Å². The molecule has 5 nitrogen and oxygen atoms in total. The first-order valence-electron chi connectivity index (χ1n) is 7.58. The fourth-order valence-corrected chi connectivity index (χ4v) is 3.74. The van der Waals surface area contributed by atoms with Crippen molar-refractivity contribution in [2.45, 2.75) is 18.6 Å². The predicted molar refractivity (Wildman–Crippen MR) is 100 cm³/mol. The van der Waals surface area contributed by atoms with E-state index >= 15 is 0 Å². The maximum atomic E-state index is 12.1. The molecule has 1 aromatic heterocycles. The average molecular weight is 359 g/mol. The van der Waals surface area contributed by atoms with Gasteiger partial charge in [-0.05, 0) is 42.5 Å². The Balaban J connectivity index is 1.58.